The molecule has 2 aliphatic heterocycles. The average Bonchev–Trinajstić information content (AvgIpc) is 3.37. The lowest BCUT2D eigenvalue weighted by Gasteiger charge is -2.30. The Morgan fingerprint density at radius 2 is 1.05 bits per heavy atom. The van der Waals surface area contributed by atoms with Crippen LogP contribution in [0.4, 0.5) is 11.4 Å². The van der Waals surface area contributed by atoms with Gasteiger partial charge in [-0.1, -0.05) is 61.9 Å². The number of morpholine rings is 2. The molecule has 2 aliphatic rings. The van der Waals surface area contributed by atoms with Crippen LogP contribution in [0.15, 0.2) is 84.9 Å². The maximum Gasteiger partial charge on any atom is 0.0642 e. The standard InChI is InChI=1S/C38H43N3O2/c1-2-3-16-41-37-14-12-29(25-31-8-4-6-10-35(31)39-17-21-42-22-18-39)27-33(37)34-28-30(13-15-38(34)41)26-32-9-5-7-11-36(32)40-19-23-43-24-20-40/h4-15,27-28H,2-3,16-26H2,1H3. The van der Waals surface area contributed by atoms with Gasteiger partial charge >= 0.3 is 0 Å². The molecule has 43 heavy (non-hydrogen) atoms. The fraction of sp³-hybridized carbons (Fsp3) is 0.368. The highest BCUT2D eigenvalue weighted by atomic mass is 16.5. The Bertz CT molecular complexity index is 1570. The first-order valence-electron chi connectivity index (χ1n) is 16.1. The van der Waals surface area contributed by atoms with Crippen LogP contribution in [-0.4, -0.2) is 57.2 Å². The normalized spacial score (nSPS) is 15.9. The molecule has 2 fully saturated rings. The minimum absolute atomic E-state index is 0.802. The predicted molar refractivity (Wildman–Crippen MR) is 179 cm³/mol. The monoisotopic (exact) mass is 573 g/mol. The van der Waals surface area contributed by atoms with Gasteiger partial charge in [-0.3, -0.25) is 0 Å². The summed E-state index contributed by atoms with van der Waals surface area (Å²) in [5.41, 5.74) is 10.9. The molecule has 0 aliphatic carbocycles. The van der Waals surface area contributed by atoms with E-state index < -0.39 is 0 Å². The number of fused-ring (bicyclic) bond motifs is 3. The van der Waals surface area contributed by atoms with E-state index >= 15 is 0 Å². The number of ether oxygens (including phenoxy) is 2. The van der Waals surface area contributed by atoms with Crippen molar-refractivity contribution in [3.63, 3.8) is 0 Å². The van der Waals surface area contributed by atoms with Gasteiger partial charge in [-0.25, -0.2) is 0 Å². The van der Waals surface area contributed by atoms with Crippen molar-refractivity contribution in [3.05, 3.63) is 107 Å². The van der Waals surface area contributed by atoms with Crippen LogP contribution >= 0.6 is 0 Å². The molecule has 0 bridgehead atoms. The molecule has 2 saturated heterocycles. The molecular weight excluding hydrogens is 530 g/mol. The van der Waals surface area contributed by atoms with Gasteiger partial charge in [-0.15, -0.1) is 0 Å². The summed E-state index contributed by atoms with van der Waals surface area (Å²) in [5, 5.41) is 2.74. The molecule has 0 radical (unpaired) electrons. The van der Waals surface area contributed by atoms with Gasteiger partial charge in [0.25, 0.3) is 0 Å². The highest BCUT2D eigenvalue weighted by molar-refractivity contribution is 6.08. The van der Waals surface area contributed by atoms with Crippen molar-refractivity contribution in [1.82, 2.24) is 4.57 Å². The van der Waals surface area contributed by atoms with Crippen molar-refractivity contribution in [2.45, 2.75) is 39.2 Å². The maximum absolute atomic E-state index is 5.63. The molecule has 0 N–H and O–H groups in total. The molecule has 222 valence electrons. The zero-order valence-corrected chi connectivity index (χ0v) is 25.4. The van der Waals surface area contributed by atoms with Gasteiger partial charge in [0.1, 0.15) is 0 Å². The second kappa shape index (κ2) is 12.8. The predicted octanol–water partition coefficient (Wildman–Crippen LogP) is 7.45. The van der Waals surface area contributed by atoms with Crippen molar-refractivity contribution in [1.29, 1.82) is 0 Å². The number of nitrogens with zero attached hydrogens (tertiary/aromatic N) is 3. The minimum Gasteiger partial charge on any atom is -0.378 e. The maximum atomic E-state index is 5.63. The van der Waals surface area contributed by atoms with Gasteiger partial charge in [0.05, 0.1) is 26.4 Å². The molecule has 0 unspecified atom stereocenters. The second-order valence-corrected chi connectivity index (χ2v) is 12.0. The Labute approximate surface area is 255 Å². The van der Waals surface area contributed by atoms with Crippen LogP contribution in [0.3, 0.4) is 0 Å². The molecule has 1 aromatic heterocycles. The van der Waals surface area contributed by atoms with E-state index in [-0.39, 0.29) is 0 Å². The number of benzene rings is 4. The third kappa shape index (κ3) is 5.89. The Morgan fingerprint density at radius 3 is 1.51 bits per heavy atom. The van der Waals surface area contributed by atoms with Gasteiger partial charge in [-0.05, 0) is 77.9 Å². The lowest BCUT2D eigenvalue weighted by atomic mass is 9.98. The first-order valence-corrected chi connectivity index (χ1v) is 16.1. The molecule has 0 saturated carbocycles. The third-order valence-corrected chi connectivity index (χ3v) is 9.20. The molecule has 0 spiro atoms. The summed E-state index contributed by atoms with van der Waals surface area (Å²) >= 11 is 0. The van der Waals surface area contributed by atoms with E-state index in [1.807, 2.05) is 0 Å². The fourth-order valence-corrected chi connectivity index (χ4v) is 6.96. The fourth-order valence-electron chi connectivity index (χ4n) is 6.96. The average molecular weight is 574 g/mol. The highest BCUT2D eigenvalue weighted by Crippen LogP contribution is 2.34. The van der Waals surface area contributed by atoms with Crippen molar-refractivity contribution in [2.75, 3.05) is 62.4 Å². The zero-order chi connectivity index (χ0) is 29.0. The SMILES string of the molecule is CCCCn1c2ccc(Cc3ccccc3N3CCOCC3)cc2c2cc(Cc3ccccc3N3CCOCC3)ccc21. The molecule has 0 atom stereocenters. The van der Waals surface area contributed by atoms with Crippen LogP contribution in [0.5, 0.6) is 0 Å². The number of anilines is 2. The summed E-state index contributed by atoms with van der Waals surface area (Å²) in [4.78, 5) is 4.96. The number of unbranched alkanes of at least 4 members (excludes halogenated alkanes) is 1. The first kappa shape index (κ1) is 28.0. The van der Waals surface area contributed by atoms with E-state index in [0.717, 1.165) is 72.0 Å². The summed E-state index contributed by atoms with van der Waals surface area (Å²) in [7, 11) is 0. The van der Waals surface area contributed by atoms with Crippen LogP contribution in [0, 0.1) is 0 Å². The first-order chi connectivity index (χ1) is 21.3. The summed E-state index contributed by atoms with van der Waals surface area (Å²) in [6.45, 7) is 10.4. The molecule has 5 aromatic rings. The molecule has 5 nitrogen and oxygen atoms in total. The van der Waals surface area contributed by atoms with Gasteiger partial charge in [-0.2, -0.15) is 0 Å². The Morgan fingerprint density at radius 1 is 0.581 bits per heavy atom. The Hall–Kier alpha value is -3.80. The van der Waals surface area contributed by atoms with E-state index in [4.69, 9.17) is 9.47 Å². The molecule has 7 rings (SSSR count). The number of hydrogen-bond donors (Lipinski definition) is 0. The molecular formula is C38H43N3O2. The molecule has 3 heterocycles. The van der Waals surface area contributed by atoms with Gasteiger partial charge in [0, 0.05) is 65.9 Å². The number of hydrogen-bond acceptors (Lipinski definition) is 4. The smallest absolute Gasteiger partial charge is 0.0642 e. The van der Waals surface area contributed by atoms with Crippen LogP contribution in [-0.2, 0) is 28.9 Å². The van der Waals surface area contributed by atoms with Crippen molar-refractivity contribution < 1.29 is 9.47 Å². The third-order valence-electron chi connectivity index (χ3n) is 9.20. The Kier molecular flexibility index (Phi) is 8.35. The Balaban J connectivity index is 1.25. The van der Waals surface area contributed by atoms with Gasteiger partial charge in [0.15, 0.2) is 0 Å². The van der Waals surface area contributed by atoms with Crippen LogP contribution < -0.4 is 9.80 Å². The van der Waals surface area contributed by atoms with Crippen molar-refractivity contribution in [2.24, 2.45) is 0 Å². The second-order valence-electron chi connectivity index (χ2n) is 12.0. The van der Waals surface area contributed by atoms with E-state index in [1.54, 1.807) is 0 Å². The van der Waals surface area contributed by atoms with E-state index in [0.29, 0.717) is 0 Å². The van der Waals surface area contributed by atoms with Gasteiger partial charge in [0.2, 0.25) is 0 Å². The van der Waals surface area contributed by atoms with Crippen molar-refractivity contribution >= 4 is 33.2 Å². The number of aromatic nitrogens is 1. The summed E-state index contributed by atoms with van der Waals surface area (Å²) in [6.07, 6.45) is 4.23. The molecule has 0 amide bonds. The van der Waals surface area contributed by atoms with Crippen molar-refractivity contribution in [3.8, 4) is 0 Å². The lowest BCUT2D eigenvalue weighted by Crippen LogP contribution is -2.36. The molecule has 5 heteroatoms. The number of aryl methyl sites for hydroxylation is 1. The van der Waals surface area contributed by atoms with Crippen LogP contribution in [0.2, 0.25) is 0 Å². The van der Waals surface area contributed by atoms with E-state index in [1.165, 1.54) is 68.3 Å². The van der Waals surface area contributed by atoms with E-state index in [2.05, 4.69) is 106 Å². The van der Waals surface area contributed by atoms with E-state index in [9.17, 15) is 0 Å². The lowest BCUT2D eigenvalue weighted by molar-refractivity contribution is 0.122. The molecule has 4 aromatic carbocycles. The summed E-state index contributed by atoms with van der Waals surface area (Å²) in [5.74, 6) is 0. The summed E-state index contributed by atoms with van der Waals surface area (Å²) < 4.78 is 13.8. The van der Waals surface area contributed by atoms with Crippen LogP contribution in [0.25, 0.3) is 21.8 Å². The topological polar surface area (TPSA) is 29.9 Å². The number of para-hydroxylation sites is 2. The van der Waals surface area contributed by atoms with Gasteiger partial charge < -0.3 is 23.8 Å². The quantitative estimate of drug-likeness (QED) is 0.183. The minimum atomic E-state index is 0.802. The summed E-state index contributed by atoms with van der Waals surface area (Å²) in [6, 6.07) is 32.2. The van der Waals surface area contributed by atoms with Crippen LogP contribution in [0.1, 0.15) is 42.0 Å². The highest BCUT2D eigenvalue weighted by Gasteiger charge is 2.18. The largest absolute Gasteiger partial charge is 0.378 e. The number of rotatable bonds is 9. The zero-order valence-electron chi connectivity index (χ0n) is 25.4.